The third-order valence-corrected chi connectivity index (χ3v) is 7.78. The molecule has 1 saturated heterocycles. The fraction of sp³-hybridized carbons (Fsp3) is 0.625. The van der Waals surface area contributed by atoms with E-state index in [2.05, 4.69) is 5.32 Å². The molecule has 0 spiro atoms. The molecule has 4 bridgehead atoms. The second-order valence-corrected chi connectivity index (χ2v) is 10.0. The number of nitrogens with one attached hydrogen (secondary N) is 1. The summed E-state index contributed by atoms with van der Waals surface area (Å²) in [5, 5.41) is 2.73. The van der Waals surface area contributed by atoms with Crippen molar-refractivity contribution in [2.75, 3.05) is 31.5 Å². The standard InChI is InChI=1S/C24H31N3O3/c1-16(28)25-21-4-2-3-20(12-21)22(29)26-5-7-27(8-6-26)23(30)24-13-17-9-18(14-24)11-19(10-17)15-24/h2-4,12,17-19H,5-11,13-15H2,1H3,(H,25,28). The van der Waals surface area contributed by atoms with Crippen molar-refractivity contribution in [2.24, 2.45) is 23.2 Å². The number of anilines is 1. The van der Waals surface area contributed by atoms with Crippen LogP contribution in [0.25, 0.3) is 0 Å². The van der Waals surface area contributed by atoms with Gasteiger partial charge < -0.3 is 15.1 Å². The van der Waals surface area contributed by atoms with Crippen molar-refractivity contribution in [1.29, 1.82) is 0 Å². The predicted molar refractivity (Wildman–Crippen MR) is 114 cm³/mol. The first-order chi connectivity index (χ1) is 14.4. The van der Waals surface area contributed by atoms with E-state index in [9.17, 15) is 14.4 Å². The van der Waals surface area contributed by atoms with Gasteiger partial charge in [-0.15, -0.1) is 0 Å². The molecule has 4 aliphatic carbocycles. The molecule has 6 rings (SSSR count). The predicted octanol–water partition coefficient (Wildman–Crippen LogP) is 3.15. The van der Waals surface area contributed by atoms with Gasteiger partial charge in [-0.05, 0) is 74.5 Å². The molecule has 0 aromatic heterocycles. The van der Waals surface area contributed by atoms with Crippen LogP contribution in [-0.2, 0) is 9.59 Å². The molecule has 1 heterocycles. The molecule has 160 valence electrons. The number of benzene rings is 1. The van der Waals surface area contributed by atoms with Gasteiger partial charge in [0, 0.05) is 44.4 Å². The molecule has 4 saturated carbocycles. The second kappa shape index (κ2) is 7.40. The van der Waals surface area contributed by atoms with Crippen molar-refractivity contribution in [1.82, 2.24) is 9.80 Å². The van der Waals surface area contributed by atoms with E-state index in [-0.39, 0.29) is 17.2 Å². The molecular formula is C24H31N3O3. The van der Waals surface area contributed by atoms with Gasteiger partial charge in [-0.2, -0.15) is 0 Å². The van der Waals surface area contributed by atoms with Crippen LogP contribution in [0.3, 0.4) is 0 Å². The Bertz CT molecular complexity index is 837. The van der Waals surface area contributed by atoms with E-state index >= 15 is 0 Å². The molecule has 3 amide bonds. The third kappa shape index (κ3) is 3.50. The summed E-state index contributed by atoms with van der Waals surface area (Å²) in [6, 6.07) is 7.06. The lowest BCUT2D eigenvalue weighted by atomic mass is 9.49. The van der Waals surface area contributed by atoms with E-state index in [1.807, 2.05) is 9.80 Å². The van der Waals surface area contributed by atoms with Gasteiger partial charge in [0.1, 0.15) is 0 Å². The smallest absolute Gasteiger partial charge is 0.254 e. The van der Waals surface area contributed by atoms with E-state index in [0.29, 0.717) is 43.3 Å². The molecule has 0 unspecified atom stereocenters. The molecule has 5 fully saturated rings. The Morgan fingerprint density at radius 2 is 1.47 bits per heavy atom. The lowest BCUT2D eigenvalue weighted by Gasteiger charge is -2.57. The van der Waals surface area contributed by atoms with Crippen LogP contribution in [0.15, 0.2) is 24.3 Å². The van der Waals surface area contributed by atoms with E-state index in [4.69, 9.17) is 0 Å². The zero-order valence-corrected chi connectivity index (χ0v) is 17.7. The molecule has 6 nitrogen and oxygen atoms in total. The molecule has 1 aliphatic heterocycles. The molecule has 1 N–H and O–H groups in total. The average molecular weight is 410 g/mol. The molecule has 0 radical (unpaired) electrons. The normalized spacial score (nSPS) is 32.2. The van der Waals surface area contributed by atoms with Crippen molar-refractivity contribution in [3.05, 3.63) is 29.8 Å². The molecule has 30 heavy (non-hydrogen) atoms. The minimum absolute atomic E-state index is 0.0379. The first-order valence-corrected chi connectivity index (χ1v) is 11.4. The minimum Gasteiger partial charge on any atom is -0.339 e. The van der Waals surface area contributed by atoms with Crippen LogP contribution in [0.2, 0.25) is 0 Å². The van der Waals surface area contributed by atoms with Crippen LogP contribution in [0.1, 0.15) is 55.8 Å². The summed E-state index contributed by atoms with van der Waals surface area (Å²) in [5.74, 6) is 2.46. The van der Waals surface area contributed by atoms with E-state index in [1.54, 1.807) is 24.3 Å². The summed E-state index contributed by atoms with van der Waals surface area (Å²) in [6.45, 7) is 3.84. The molecule has 5 aliphatic rings. The first kappa shape index (κ1) is 19.6. The van der Waals surface area contributed by atoms with Gasteiger partial charge in [-0.1, -0.05) is 6.07 Å². The molecule has 1 aromatic carbocycles. The van der Waals surface area contributed by atoms with Gasteiger partial charge in [0.2, 0.25) is 11.8 Å². The fourth-order valence-corrected chi connectivity index (χ4v) is 6.94. The maximum atomic E-state index is 13.5. The molecular weight excluding hydrogens is 378 g/mol. The Labute approximate surface area is 178 Å². The first-order valence-electron chi connectivity index (χ1n) is 11.4. The fourth-order valence-electron chi connectivity index (χ4n) is 6.94. The van der Waals surface area contributed by atoms with E-state index in [1.165, 1.54) is 26.2 Å². The van der Waals surface area contributed by atoms with Gasteiger partial charge in [0.05, 0.1) is 5.41 Å². The summed E-state index contributed by atoms with van der Waals surface area (Å²) in [5.41, 5.74) is 1.10. The zero-order chi connectivity index (χ0) is 20.9. The van der Waals surface area contributed by atoms with Gasteiger partial charge >= 0.3 is 0 Å². The number of piperazine rings is 1. The van der Waals surface area contributed by atoms with Crippen LogP contribution in [0.4, 0.5) is 5.69 Å². The van der Waals surface area contributed by atoms with E-state index < -0.39 is 0 Å². The van der Waals surface area contributed by atoms with Gasteiger partial charge in [0.25, 0.3) is 5.91 Å². The van der Waals surface area contributed by atoms with Crippen LogP contribution in [-0.4, -0.2) is 53.7 Å². The van der Waals surface area contributed by atoms with Crippen LogP contribution >= 0.6 is 0 Å². The topological polar surface area (TPSA) is 69.7 Å². The highest BCUT2D eigenvalue weighted by Crippen LogP contribution is 2.60. The largest absolute Gasteiger partial charge is 0.339 e. The van der Waals surface area contributed by atoms with Crippen molar-refractivity contribution in [3.8, 4) is 0 Å². The summed E-state index contributed by atoms with van der Waals surface area (Å²) in [4.78, 5) is 41.6. The number of rotatable bonds is 3. The summed E-state index contributed by atoms with van der Waals surface area (Å²) < 4.78 is 0. The second-order valence-electron chi connectivity index (χ2n) is 10.0. The molecule has 1 aromatic rings. The minimum atomic E-state index is -0.156. The molecule has 6 heteroatoms. The third-order valence-electron chi connectivity index (χ3n) is 7.78. The molecule has 0 atom stereocenters. The maximum absolute atomic E-state index is 13.5. The Morgan fingerprint density at radius 1 is 0.900 bits per heavy atom. The van der Waals surface area contributed by atoms with Gasteiger partial charge in [-0.3, -0.25) is 14.4 Å². The van der Waals surface area contributed by atoms with Gasteiger partial charge in [0.15, 0.2) is 0 Å². The highest BCUT2D eigenvalue weighted by molar-refractivity contribution is 5.97. The number of hydrogen-bond donors (Lipinski definition) is 1. The van der Waals surface area contributed by atoms with Crippen LogP contribution in [0, 0.1) is 23.2 Å². The number of nitrogens with zero attached hydrogens (tertiary/aromatic N) is 2. The highest BCUT2D eigenvalue weighted by Gasteiger charge is 2.55. The Kier molecular flexibility index (Phi) is 4.83. The summed E-state index contributed by atoms with van der Waals surface area (Å²) in [6.07, 6.45) is 7.29. The quantitative estimate of drug-likeness (QED) is 0.834. The van der Waals surface area contributed by atoms with Crippen molar-refractivity contribution in [2.45, 2.75) is 45.4 Å². The number of amides is 3. The zero-order valence-electron chi connectivity index (χ0n) is 17.7. The highest BCUT2D eigenvalue weighted by atomic mass is 16.2. The lowest BCUT2D eigenvalue weighted by molar-refractivity contribution is -0.159. The number of carbonyl (C=O) groups excluding carboxylic acids is 3. The van der Waals surface area contributed by atoms with Crippen molar-refractivity contribution >= 4 is 23.4 Å². The Balaban J connectivity index is 1.22. The SMILES string of the molecule is CC(=O)Nc1cccc(C(=O)N2CCN(C(=O)C34CC5CC(CC(C5)C3)C4)CC2)c1. The van der Waals surface area contributed by atoms with Gasteiger partial charge in [-0.25, -0.2) is 0 Å². The summed E-state index contributed by atoms with van der Waals surface area (Å²) in [7, 11) is 0. The Hall–Kier alpha value is -2.37. The van der Waals surface area contributed by atoms with Crippen molar-refractivity contribution < 1.29 is 14.4 Å². The maximum Gasteiger partial charge on any atom is 0.254 e. The number of carbonyl (C=O) groups is 3. The van der Waals surface area contributed by atoms with E-state index in [0.717, 1.165) is 37.0 Å². The lowest BCUT2D eigenvalue weighted by Crippen LogP contribution is -2.58. The van der Waals surface area contributed by atoms with Crippen LogP contribution < -0.4 is 5.32 Å². The van der Waals surface area contributed by atoms with Crippen molar-refractivity contribution in [3.63, 3.8) is 0 Å². The summed E-state index contributed by atoms with van der Waals surface area (Å²) >= 11 is 0. The number of hydrogen-bond acceptors (Lipinski definition) is 3. The average Bonchev–Trinajstić information content (AvgIpc) is 2.71. The van der Waals surface area contributed by atoms with Crippen LogP contribution in [0.5, 0.6) is 0 Å². The Morgan fingerprint density at radius 3 is 2.03 bits per heavy atom. The monoisotopic (exact) mass is 409 g/mol.